The number of rotatable bonds is 3. The zero-order valence-corrected chi connectivity index (χ0v) is 10.5. The largest absolute Gasteiger partial charge is 0.396 e. The number of nitrogens with zero attached hydrogens (tertiary/aromatic N) is 2. The average molecular weight is 251 g/mol. The monoisotopic (exact) mass is 251 g/mol. The van der Waals surface area contributed by atoms with E-state index in [2.05, 4.69) is 16.8 Å². The van der Waals surface area contributed by atoms with Gasteiger partial charge < -0.3 is 10.6 Å². The Morgan fingerprint density at radius 2 is 2.00 bits per heavy atom. The van der Waals surface area contributed by atoms with Gasteiger partial charge in [0.25, 0.3) is 0 Å². The van der Waals surface area contributed by atoms with E-state index in [1.54, 1.807) is 0 Å². The first-order chi connectivity index (χ1) is 8.56. The minimum absolute atomic E-state index is 0.00810. The molecule has 1 saturated heterocycles. The molecule has 0 spiro atoms. The first-order valence-electron chi connectivity index (χ1n) is 6.05. The number of carbonyl (C=O) groups is 1. The first-order valence-corrected chi connectivity index (χ1v) is 6.05. The fourth-order valence-electron chi connectivity index (χ4n) is 2.02. The zero-order valence-electron chi connectivity index (χ0n) is 10.5. The summed E-state index contributed by atoms with van der Waals surface area (Å²) < 4.78 is 13.0. The highest BCUT2D eigenvalue weighted by molar-refractivity contribution is 5.98. The Balaban J connectivity index is 1.97. The molecule has 18 heavy (non-hydrogen) atoms. The minimum Gasteiger partial charge on any atom is -0.396 e. The van der Waals surface area contributed by atoms with Crippen molar-refractivity contribution in [3.8, 4) is 0 Å². The van der Waals surface area contributed by atoms with E-state index >= 15 is 0 Å². The van der Waals surface area contributed by atoms with Gasteiger partial charge in [-0.05, 0) is 25.2 Å². The smallest absolute Gasteiger partial charge is 0.176 e. The van der Waals surface area contributed by atoms with Crippen LogP contribution in [-0.4, -0.2) is 55.4 Å². The van der Waals surface area contributed by atoms with Gasteiger partial charge in [0, 0.05) is 31.7 Å². The number of nitrogens with two attached hydrogens (primary N) is 1. The number of benzene rings is 1. The van der Waals surface area contributed by atoms with Crippen LogP contribution >= 0.6 is 0 Å². The molecule has 4 nitrogen and oxygen atoms in total. The normalized spacial score (nSPS) is 17.9. The quantitative estimate of drug-likeness (QED) is 0.639. The lowest BCUT2D eigenvalue weighted by molar-refractivity contribution is 0.0876. The molecule has 98 valence electrons. The Morgan fingerprint density at radius 1 is 1.33 bits per heavy atom. The van der Waals surface area contributed by atoms with Crippen LogP contribution < -0.4 is 5.73 Å². The molecule has 0 aromatic heterocycles. The number of carbonyl (C=O) groups excluding carboxylic acids is 1. The molecule has 1 fully saturated rings. The van der Waals surface area contributed by atoms with E-state index in [0.29, 0.717) is 12.1 Å². The SMILES string of the molecule is CN1CCN(CC(=O)c2ccc(F)c(N)c2)CC1. The van der Waals surface area contributed by atoms with Crippen molar-refractivity contribution in [3.05, 3.63) is 29.6 Å². The maximum atomic E-state index is 13.0. The first kappa shape index (κ1) is 13.0. The second-order valence-corrected chi connectivity index (χ2v) is 4.74. The summed E-state index contributed by atoms with van der Waals surface area (Å²) in [7, 11) is 2.07. The van der Waals surface area contributed by atoms with Crippen molar-refractivity contribution in [3.63, 3.8) is 0 Å². The van der Waals surface area contributed by atoms with Crippen LogP contribution in [0.25, 0.3) is 0 Å². The van der Waals surface area contributed by atoms with Gasteiger partial charge in [-0.3, -0.25) is 9.69 Å². The number of Topliss-reactive ketones (excluding diaryl/α,β-unsaturated/α-hetero) is 1. The Kier molecular flexibility index (Phi) is 3.93. The fraction of sp³-hybridized carbons (Fsp3) is 0.462. The van der Waals surface area contributed by atoms with Crippen LogP contribution in [-0.2, 0) is 0 Å². The van der Waals surface area contributed by atoms with Gasteiger partial charge in [-0.25, -0.2) is 4.39 Å². The maximum absolute atomic E-state index is 13.0. The summed E-state index contributed by atoms with van der Waals surface area (Å²) in [5.74, 6) is -0.489. The van der Waals surface area contributed by atoms with Gasteiger partial charge in [0.1, 0.15) is 5.82 Å². The van der Waals surface area contributed by atoms with Crippen LogP contribution in [0.2, 0.25) is 0 Å². The Labute approximate surface area is 106 Å². The number of halogens is 1. The van der Waals surface area contributed by atoms with Gasteiger partial charge in [0.2, 0.25) is 0 Å². The van der Waals surface area contributed by atoms with Crippen molar-refractivity contribution in [2.75, 3.05) is 45.5 Å². The van der Waals surface area contributed by atoms with E-state index in [1.807, 2.05) is 0 Å². The number of likely N-dealkylation sites (N-methyl/N-ethyl adjacent to an activating group) is 1. The molecule has 5 heteroatoms. The molecule has 0 saturated carbocycles. The highest BCUT2D eigenvalue weighted by Gasteiger charge is 2.17. The Bertz CT molecular complexity index is 442. The predicted molar refractivity (Wildman–Crippen MR) is 69.1 cm³/mol. The molecule has 0 atom stereocenters. The predicted octanol–water partition coefficient (Wildman–Crippen LogP) is 0.838. The number of ketones is 1. The molecular weight excluding hydrogens is 233 g/mol. The second kappa shape index (κ2) is 5.46. The number of hydrogen-bond acceptors (Lipinski definition) is 4. The lowest BCUT2D eigenvalue weighted by Crippen LogP contribution is -2.46. The molecule has 0 aliphatic carbocycles. The van der Waals surface area contributed by atoms with E-state index in [1.165, 1.54) is 18.2 Å². The maximum Gasteiger partial charge on any atom is 0.176 e. The zero-order chi connectivity index (χ0) is 13.1. The summed E-state index contributed by atoms with van der Waals surface area (Å²) in [6, 6.07) is 4.14. The van der Waals surface area contributed by atoms with Gasteiger partial charge in [-0.1, -0.05) is 0 Å². The van der Waals surface area contributed by atoms with Gasteiger partial charge in [0.05, 0.1) is 12.2 Å². The van der Waals surface area contributed by atoms with Crippen molar-refractivity contribution in [2.45, 2.75) is 0 Å². The summed E-state index contributed by atoms with van der Waals surface area (Å²) in [5, 5.41) is 0. The number of anilines is 1. The molecule has 0 radical (unpaired) electrons. The van der Waals surface area contributed by atoms with Gasteiger partial charge >= 0.3 is 0 Å². The summed E-state index contributed by atoms with van der Waals surface area (Å²) in [6.07, 6.45) is 0. The lowest BCUT2D eigenvalue weighted by atomic mass is 10.1. The van der Waals surface area contributed by atoms with E-state index < -0.39 is 5.82 Å². The molecule has 1 aromatic carbocycles. The summed E-state index contributed by atoms with van der Waals surface area (Å²) in [5.41, 5.74) is 5.97. The number of piperazine rings is 1. The number of nitrogen functional groups attached to an aromatic ring is 1. The fourth-order valence-corrected chi connectivity index (χ4v) is 2.02. The summed E-state index contributed by atoms with van der Waals surface area (Å²) in [6.45, 7) is 4.09. The molecule has 2 N–H and O–H groups in total. The summed E-state index contributed by atoms with van der Waals surface area (Å²) in [4.78, 5) is 16.4. The third-order valence-corrected chi connectivity index (χ3v) is 3.28. The van der Waals surface area contributed by atoms with Crippen LogP contribution in [0.3, 0.4) is 0 Å². The minimum atomic E-state index is -0.480. The van der Waals surface area contributed by atoms with E-state index in [0.717, 1.165) is 26.2 Å². The van der Waals surface area contributed by atoms with E-state index in [9.17, 15) is 9.18 Å². The molecule has 2 rings (SSSR count). The van der Waals surface area contributed by atoms with Crippen molar-refractivity contribution in [1.82, 2.24) is 9.80 Å². The molecule has 1 aliphatic heterocycles. The molecule has 0 unspecified atom stereocenters. The molecule has 1 heterocycles. The Morgan fingerprint density at radius 3 is 2.61 bits per heavy atom. The molecular formula is C13H18FN3O. The topological polar surface area (TPSA) is 49.6 Å². The molecule has 0 bridgehead atoms. The Hall–Kier alpha value is -1.46. The summed E-state index contributed by atoms with van der Waals surface area (Å²) >= 11 is 0. The van der Waals surface area contributed by atoms with Crippen molar-refractivity contribution < 1.29 is 9.18 Å². The van der Waals surface area contributed by atoms with Crippen LogP contribution in [0, 0.1) is 5.82 Å². The highest BCUT2D eigenvalue weighted by Crippen LogP contribution is 2.13. The molecule has 1 aromatic rings. The van der Waals surface area contributed by atoms with E-state index in [-0.39, 0.29) is 11.5 Å². The van der Waals surface area contributed by atoms with E-state index in [4.69, 9.17) is 5.73 Å². The van der Waals surface area contributed by atoms with Crippen LogP contribution in [0.1, 0.15) is 10.4 Å². The van der Waals surface area contributed by atoms with Gasteiger partial charge in [-0.2, -0.15) is 0 Å². The van der Waals surface area contributed by atoms with Crippen LogP contribution in [0.5, 0.6) is 0 Å². The molecule has 1 aliphatic rings. The third kappa shape index (κ3) is 3.05. The van der Waals surface area contributed by atoms with Crippen molar-refractivity contribution >= 4 is 11.5 Å². The second-order valence-electron chi connectivity index (χ2n) is 4.74. The van der Waals surface area contributed by atoms with Gasteiger partial charge in [0.15, 0.2) is 5.78 Å². The van der Waals surface area contributed by atoms with Crippen molar-refractivity contribution in [2.24, 2.45) is 0 Å². The van der Waals surface area contributed by atoms with Crippen LogP contribution in [0.15, 0.2) is 18.2 Å². The van der Waals surface area contributed by atoms with Gasteiger partial charge in [-0.15, -0.1) is 0 Å². The van der Waals surface area contributed by atoms with Crippen LogP contribution in [0.4, 0.5) is 10.1 Å². The number of hydrogen-bond donors (Lipinski definition) is 1. The van der Waals surface area contributed by atoms with Crippen molar-refractivity contribution in [1.29, 1.82) is 0 Å². The lowest BCUT2D eigenvalue weighted by Gasteiger charge is -2.31. The highest BCUT2D eigenvalue weighted by atomic mass is 19.1. The average Bonchev–Trinajstić information content (AvgIpc) is 2.35. The molecule has 0 amide bonds. The standard InChI is InChI=1S/C13H18FN3O/c1-16-4-6-17(7-5-16)9-13(18)10-2-3-11(14)12(15)8-10/h2-3,8H,4-7,9,15H2,1H3. The third-order valence-electron chi connectivity index (χ3n) is 3.28.